The number of benzene rings is 1. The lowest BCUT2D eigenvalue weighted by Crippen LogP contribution is -2.22. The van der Waals surface area contributed by atoms with Crippen LogP contribution in [0.3, 0.4) is 0 Å². The molecule has 17 heavy (non-hydrogen) atoms. The summed E-state index contributed by atoms with van der Waals surface area (Å²) in [5.41, 5.74) is 2.82. The summed E-state index contributed by atoms with van der Waals surface area (Å²) in [6.45, 7) is 3.24. The molecule has 3 fully saturated rings. The van der Waals surface area contributed by atoms with Crippen LogP contribution >= 0.6 is 0 Å². The van der Waals surface area contributed by atoms with Crippen LogP contribution in [0, 0.1) is 30.6 Å². The predicted molar refractivity (Wildman–Crippen MR) is 69.6 cm³/mol. The molecular formula is C16H21N. The van der Waals surface area contributed by atoms with Gasteiger partial charge in [-0.1, -0.05) is 29.8 Å². The van der Waals surface area contributed by atoms with Gasteiger partial charge in [0.25, 0.3) is 0 Å². The zero-order valence-corrected chi connectivity index (χ0v) is 10.5. The van der Waals surface area contributed by atoms with Gasteiger partial charge in [-0.05, 0) is 55.4 Å². The Hall–Kier alpha value is -0.820. The Balaban J connectivity index is 1.38. The van der Waals surface area contributed by atoms with Gasteiger partial charge in [-0.3, -0.25) is 0 Å². The van der Waals surface area contributed by atoms with Crippen LogP contribution in [0.2, 0.25) is 0 Å². The van der Waals surface area contributed by atoms with Gasteiger partial charge in [0, 0.05) is 12.6 Å². The van der Waals surface area contributed by atoms with Crippen molar-refractivity contribution < 1.29 is 0 Å². The molecule has 0 heterocycles. The van der Waals surface area contributed by atoms with Crippen LogP contribution in [-0.4, -0.2) is 6.04 Å². The highest BCUT2D eigenvalue weighted by molar-refractivity contribution is 5.23. The zero-order chi connectivity index (χ0) is 11.4. The third-order valence-corrected chi connectivity index (χ3v) is 5.36. The van der Waals surface area contributed by atoms with E-state index >= 15 is 0 Å². The van der Waals surface area contributed by atoms with Gasteiger partial charge in [-0.25, -0.2) is 0 Å². The number of nitrogens with one attached hydrogen (secondary N) is 1. The lowest BCUT2D eigenvalue weighted by Gasteiger charge is -2.10. The first-order valence-corrected chi connectivity index (χ1v) is 7.12. The first-order valence-electron chi connectivity index (χ1n) is 7.12. The molecule has 4 atom stereocenters. The highest BCUT2D eigenvalue weighted by atomic mass is 15.0. The molecule has 1 aromatic carbocycles. The molecule has 1 heteroatoms. The van der Waals surface area contributed by atoms with Gasteiger partial charge in [-0.2, -0.15) is 0 Å². The van der Waals surface area contributed by atoms with Crippen molar-refractivity contribution in [2.24, 2.45) is 23.7 Å². The van der Waals surface area contributed by atoms with Gasteiger partial charge in [-0.15, -0.1) is 0 Å². The van der Waals surface area contributed by atoms with E-state index in [4.69, 9.17) is 0 Å². The van der Waals surface area contributed by atoms with Crippen LogP contribution in [0.15, 0.2) is 24.3 Å². The summed E-state index contributed by atoms with van der Waals surface area (Å²) in [6.07, 6.45) is 4.60. The minimum absolute atomic E-state index is 0.863. The maximum atomic E-state index is 3.80. The van der Waals surface area contributed by atoms with Crippen LogP contribution in [-0.2, 0) is 6.54 Å². The quantitative estimate of drug-likeness (QED) is 0.836. The van der Waals surface area contributed by atoms with Crippen molar-refractivity contribution in [2.45, 2.75) is 38.8 Å². The number of hydrogen-bond acceptors (Lipinski definition) is 1. The fraction of sp³-hybridized carbons (Fsp3) is 0.625. The molecule has 0 radical (unpaired) electrons. The van der Waals surface area contributed by atoms with Crippen LogP contribution in [0.25, 0.3) is 0 Å². The van der Waals surface area contributed by atoms with E-state index in [1.807, 2.05) is 0 Å². The van der Waals surface area contributed by atoms with Gasteiger partial charge in [0.05, 0.1) is 0 Å². The van der Waals surface area contributed by atoms with Crippen molar-refractivity contribution in [1.82, 2.24) is 5.32 Å². The zero-order valence-electron chi connectivity index (χ0n) is 10.5. The second kappa shape index (κ2) is 3.58. The van der Waals surface area contributed by atoms with Gasteiger partial charge >= 0.3 is 0 Å². The lowest BCUT2D eigenvalue weighted by molar-refractivity contribution is 0.456. The summed E-state index contributed by atoms with van der Waals surface area (Å²) in [6, 6.07) is 9.76. The monoisotopic (exact) mass is 227 g/mol. The highest BCUT2D eigenvalue weighted by Crippen LogP contribution is 2.65. The molecule has 0 amide bonds. The van der Waals surface area contributed by atoms with Crippen molar-refractivity contribution in [3.05, 3.63) is 35.4 Å². The largest absolute Gasteiger partial charge is 0.309 e. The third-order valence-electron chi connectivity index (χ3n) is 5.36. The van der Waals surface area contributed by atoms with Crippen LogP contribution in [0.1, 0.15) is 30.4 Å². The van der Waals surface area contributed by atoms with E-state index < -0.39 is 0 Å². The molecule has 2 bridgehead atoms. The Morgan fingerprint density at radius 2 is 1.94 bits per heavy atom. The summed E-state index contributed by atoms with van der Waals surface area (Å²) < 4.78 is 0. The van der Waals surface area contributed by atoms with E-state index in [-0.39, 0.29) is 0 Å². The van der Waals surface area contributed by atoms with Crippen molar-refractivity contribution >= 4 is 0 Å². The first kappa shape index (κ1) is 10.1. The van der Waals surface area contributed by atoms with Gasteiger partial charge < -0.3 is 5.32 Å². The van der Waals surface area contributed by atoms with Crippen LogP contribution in [0.5, 0.6) is 0 Å². The molecule has 90 valence electrons. The maximum absolute atomic E-state index is 3.80. The summed E-state index contributed by atoms with van der Waals surface area (Å²) in [5.74, 6) is 4.28. The average Bonchev–Trinajstić information content (AvgIpc) is 2.72. The number of rotatable bonds is 3. The molecule has 4 unspecified atom stereocenters. The molecule has 0 spiro atoms. The topological polar surface area (TPSA) is 12.0 Å². The summed E-state index contributed by atoms with van der Waals surface area (Å²) in [5, 5.41) is 3.80. The van der Waals surface area contributed by atoms with E-state index in [1.165, 1.54) is 24.0 Å². The number of fused-ring (bicyclic) bond motifs is 5. The molecule has 1 N–H and O–H groups in total. The Labute approximate surface area is 104 Å². The Morgan fingerprint density at radius 3 is 2.65 bits per heavy atom. The standard InChI is InChI=1S/C16H21N/c1-10-3-2-4-11(7-10)9-17-16-14-12-5-6-13(8-12)15(14)16/h2-4,7,12-17H,5-6,8-9H2,1H3. The van der Waals surface area contributed by atoms with Crippen LogP contribution < -0.4 is 5.32 Å². The Bertz CT molecular complexity index is 423. The maximum Gasteiger partial charge on any atom is 0.0208 e. The minimum Gasteiger partial charge on any atom is -0.309 e. The second-order valence-electron chi connectivity index (χ2n) is 6.38. The summed E-state index contributed by atoms with van der Waals surface area (Å²) in [7, 11) is 0. The van der Waals surface area contributed by atoms with E-state index in [9.17, 15) is 0 Å². The van der Waals surface area contributed by atoms with Gasteiger partial charge in [0.1, 0.15) is 0 Å². The van der Waals surface area contributed by atoms with Crippen molar-refractivity contribution in [3.63, 3.8) is 0 Å². The Morgan fingerprint density at radius 1 is 1.18 bits per heavy atom. The first-order chi connectivity index (χ1) is 8.33. The van der Waals surface area contributed by atoms with Crippen molar-refractivity contribution in [1.29, 1.82) is 0 Å². The molecule has 3 saturated carbocycles. The SMILES string of the molecule is Cc1cccc(CNC2C3C4CCC(C4)C23)c1. The lowest BCUT2D eigenvalue weighted by atomic mass is 10.0. The fourth-order valence-corrected chi connectivity index (χ4v) is 4.66. The molecule has 3 aliphatic rings. The molecule has 0 aliphatic heterocycles. The highest BCUT2D eigenvalue weighted by Gasteiger charge is 2.64. The van der Waals surface area contributed by atoms with E-state index in [1.54, 1.807) is 6.42 Å². The molecule has 1 aromatic rings. The molecule has 0 saturated heterocycles. The fourth-order valence-electron chi connectivity index (χ4n) is 4.66. The molecule has 4 rings (SSSR count). The summed E-state index contributed by atoms with van der Waals surface area (Å²) in [4.78, 5) is 0. The number of aryl methyl sites for hydroxylation is 1. The second-order valence-corrected chi connectivity index (χ2v) is 6.38. The smallest absolute Gasteiger partial charge is 0.0208 e. The number of hydrogen-bond donors (Lipinski definition) is 1. The van der Waals surface area contributed by atoms with Gasteiger partial charge in [0.2, 0.25) is 0 Å². The van der Waals surface area contributed by atoms with E-state index in [0.717, 1.165) is 36.3 Å². The molecular weight excluding hydrogens is 206 g/mol. The van der Waals surface area contributed by atoms with Crippen LogP contribution in [0.4, 0.5) is 0 Å². The molecule has 0 aromatic heterocycles. The normalized spacial score (nSPS) is 41.6. The Kier molecular flexibility index (Phi) is 2.14. The third kappa shape index (κ3) is 1.55. The summed E-state index contributed by atoms with van der Waals surface area (Å²) >= 11 is 0. The minimum atomic E-state index is 0.863. The van der Waals surface area contributed by atoms with Gasteiger partial charge in [0.15, 0.2) is 0 Å². The van der Waals surface area contributed by atoms with Crippen molar-refractivity contribution in [2.75, 3.05) is 0 Å². The van der Waals surface area contributed by atoms with E-state index in [2.05, 4.69) is 36.5 Å². The molecule has 3 aliphatic carbocycles. The van der Waals surface area contributed by atoms with E-state index in [0.29, 0.717) is 0 Å². The predicted octanol–water partition coefficient (Wildman–Crippen LogP) is 3.13. The van der Waals surface area contributed by atoms with Crippen molar-refractivity contribution in [3.8, 4) is 0 Å². The molecule has 1 nitrogen and oxygen atoms in total. The average molecular weight is 227 g/mol.